The van der Waals surface area contributed by atoms with Crippen molar-refractivity contribution in [2.45, 2.75) is 0 Å². The van der Waals surface area contributed by atoms with Crippen molar-refractivity contribution in [1.29, 1.82) is 0 Å². The molecule has 0 aliphatic heterocycles. The van der Waals surface area contributed by atoms with Crippen LogP contribution in [0.2, 0.25) is 5.02 Å². The number of fused-ring (bicyclic) bond motifs is 2. The zero-order valence-electron chi connectivity index (χ0n) is 12.6. The first-order chi connectivity index (χ1) is 11.7. The van der Waals surface area contributed by atoms with E-state index >= 15 is 0 Å². The predicted molar refractivity (Wildman–Crippen MR) is 97.4 cm³/mol. The van der Waals surface area contributed by atoms with Crippen LogP contribution in [0, 0.1) is 0 Å². The zero-order valence-corrected chi connectivity index (χ0v) is 14.2. The van der Waals surface area contributed by atoms with Crippen molar-refractivity contribution in [2.24, 2.45) is 0 Å². The summed E-state index contributed by atoms with van der Waals surface area (Å²) in [5.74, 6) is 0.830. The number of H-pyrrole nitrogens is 1. The van der Waals surface area contributed by atoms with Crippen LogP contribution < -0.4 is 10.1 Å². The van der Waals surface area contributed by atoms with E-state index in [1.54, 1.807) is 7.11 Å². The fourth-order valence-corrected chi connectivity index (χ4v) is 3.94. The van der Waals surface area contributed by atoms with Crippen LogP contribution in [0.5, 0.6) is 5.75 Å². The van der Waals surface area contributed by atoms with Gasteiger partial charge in [-0.1, -0.05) is 23.7 Å². The Bertz CT molecular complexity index is 1040. The summed E-state index contributed by atoms with van der Waals surface area (Å²) in [5, 5.41) is 4.03. The smallest absolute Gasteiger partial charge is 0.269 e. The summed E-state index contributed by atoms with van der Waals surface area (Å²) in [6, 6.07) is 13.1. The summed E-state index contributed by atoms with van der Waals surface area (Å²) in [7, 11) is 1.60. The largest absolute Gasteiger partial charge is 0.497 e. The number of aromatic nitrogens is 2. The van der Waals surface area contributed by atoms with E-state index < -0.39 is 0 Å². The topological polar surface area (TPSA) is 67.0 Å². The van der Waals surface area contributed by atoms with E-state index in [1.165, 1.54) is 11.3 Å². The highest BCUT2D eigenvalue weighted by Gasteiger charge is 2.18. The molecule has 4 rings (SSSR count). The van der Waals surface area contributed by atoms with Gasteiger partial charge in [-0.2, -0.15) is 0 Å². The van der Waals surface area contributed by atoms with Gasteiger partial charge in [-0.15, -0.1) is 11.3 Å². The van der Waals surface area contributed by atoms with E-state index in [0.717, 1.165) is 26.9 Å². The van der Waals surface area contributed by atoms with Crippen LogP contribution >= 0.6 is 22.9 Å². The Morgan fingerprint density at radius 2 is 2.12 bits per heavy atom. The van der Waals surface area contributed by atoms with E-state index in [9.17, 15) is 4.79 Å². The molecule has 120 valence electrons. The first kappa shape index (κ1) is 15.0. The van der Waals surface area contributed by atoms with Crippen LogP contribution in [0.1, 0.15) is 9.67 Å². The predicted octanol–water partition coefficient (Wildman–Crippen LogP) is 4.69. The highest BCUT2D eigenvalue weighted by Crippen LogP contribution is 2.37. The first-order valence-corrected chi connectivity index (χ1v) is 8.37. The number of carbonyl (C=O) groups is 1. The van der Waals surface area contributed by atoms with Gasteiger partial charge in [-0.25, -0.2) is 4.98 Å². The highest BCUT2D eigenvalue weighted by molar-refractivity contribution is 7.21. The van der Waals surface area contributed by atoms with Crippen LogP contribution in [-0.2, 0) is 0 Å². The molecule has 2 aromatic heterocycles. The number of benzene rings is 2. The molecule has 0 atom stereocenters. The van der Waals surface area contributed by atoms with E-state index in [-0.39, 0.29) is 5.91 Å². The summed E-state index contributed by atoms with van der Waals surface area (Å²) >= 11 is 7.69. The molecule has 5 nitrogen and oxygen atoms in total. The van der Waals surface area contributed by atoms with Crippen molar-refractivity contribution in [3.63, 3.8) is 0 Å². The quantitative estimate of drug-likeness (QED) is 0.559. The number of ether oxygens (including phenoxy) is 1. The van der Waals surface area contributed by atoms with Gasteiger partial charge in [0.1, 0.15) is 10.6 Å². The first-order valence-electron chi connectivity index (χ1n) is 7.18. The van der Waals surface area contributed by atoms with Crippen molar-refractivity contribution in [3.8, 4) is 5.75 Å². The second-order valence-electron chi connectivity index (χ2n) is 5.16. The SMILES string of the molecule is COc1ccc2c(Cl)c(C(=O)Nc3nc4ccccc4[nH]3)sc2c1. The summed E-state index contributed by atoms with van der Waals surface area (Å²) < 4.78 is 6.11. The van der Waals surface area contributed by atoms with Crippen LogP contribution in [0.25, 0.3) is 21.1 Å². The van der Waals surface area contributed by atoms with E-state index in [1.807, 2.05) is 42.5 Å². The van der Waals surface area contributed by atoms with E-state index in [4.69, 9.17) is 16.3 Å². The number of nitrogens with zero attached hydrogens (tertiary/aromatic N) is 1. The van der Waals surface area contributed by atoms with Crippen LogP contribution in [0.4, 0.5) is 5.95 Å². The molecule has 1 amide bonds. The highest BCUT2D eigenvalue weighted by atomic mass is 35.5. The molecule has 0 saturated heterocycles. The van der Waals surface area contributed by atoms with Gasteiger partial charge in [-0.3, -0.25) is 10.1 Å². The maximum atomic E-state index is 12.6. The molecule has 0 aliphatic carbocycles. The summed E-state index contributed by atoms with van der Waals surface area (Å²) in [6.45, 7) is 0. The number of carbonyl (C=O) groups excluding carboxylic acids is 1. The van der Waals surface area contributed by atoms with E-state index in [2.05, 4.69) is 15.3 Å². The maximum Gasteiger partial charge on any atom is 0.269 e. The Balaban J connectivity index is 1.68. The number of rotatable bonds is 3. The number of aromatic amines is 1. The van der Waals surface area contributed by atoms with Crippen molar-refractivity contribution < 1.29 is 9.53 Å². The molecule has 2 N–H and O–H groups in total. The summed E-state index contributed by atoms with van der Waals surface area (Å²) in [4.78, 5) is 20.4. The summed E-state index contributed by atoms with van der Waals surface area (Å²) in [6.07, 6.45) is 0. The molecule has 0 fully saturated rings. The van der Waals surface area contributed by atoms with Gasteiger partial charge in [0.15, 0.2) is 0 Å². The number of amides is 1. The Labute approximate surface area is 146 Å². The van der Waals surface area contributed by atoms with Gasteiger partial charge in [0, 0.05) is 10.1 Å². The lowest BCUT2D eigenvalue weighted by Crippen LogP contribution is -2.11. The molecule has 2 heterocycles. The number of nitrogens with one attached hydrogen (secondary N) is 2. The monoisotopic (exact) mass is 357 g/mol. The molecule has 0 spiro atoms. The average Bonchev–Trinajstić information content (AvgIpc) is 3.15. The zero-order chi connectivity index (χ0) is 16.7. The fraction of sp³-hybridized carbons (Fsp3) is 0.0588. The summed E-state index contributed by atoms with van der Waals surface area (Å²) in [5.41, 5.74) is 1.65. The minimum absolute atomic E-state index is 0.292. The van der Waals surface area contributed by atoms with Crippen LogP contribution in [0.3, 0.4) is 0 Å². The number of para-hydroxylation sites is 2. The van der Waals surface area contributed by atoms with Crippen LogP contribution in [-0.4, -0.2) is 23.0 Å². The van der Waals surface area contributed by atoms with Crippen molar-refractivity contribution in [3.05, 3.63) is 52.4 Å². The second kappa shape index (κ2) is 5.81. The Morgan fingerprint density at radius 3 is 2.92 bits per heavy atom. The normalized spacial score (nSPS) is 11.1. The molecule has 0 bridgehead atoms. The van der Waals surface area contributed by atoms with Gasteiger partial charge in [-0.05, 0) is 30.3 Å². The van der Waals surface area contributed by atoms with E-state index in [0.29, 0.717) is 15.8 Å². The van der Waals surface area contributed by atoms with Crippen molar-refractivity contribution >= 4 is 55.9 Å². The minimum Gasteiger partial charge on any atom is -0.497 e. The number of methoxy groups -OCH3 is 1. The molecule has 0 aliphatic rings. The molecule has 0 saturated carbocycles. The Morgan fingerprint density at radius 1 is 1.29 bits per heavy atom. The van der Waals surface area contributed by atoms with Gasteiger partial charge in [0.2, 0.25) is 5.95 Å². The van der Waals surface area contributed by atoms with Gasteiger partial charge < -0.3 is 9.72 Å². The lowest BCUT2D eigenvalue weighted by molar-refractivity contribution is 0.103. The number of thiophene rings is 1. The molecule has 4 aromatic rings. The third kappa shape index (κ3) is 2.50. The van der Waals surface area contributed by atoms with Crippen molar-refractivity contribution in [1.82, 2.24) is 9.97 Å². The molecule has 24 heavy (non-hydrogen) atoms. The molecule has 2 aromatic carbocycles. The number of imidazole rings is 1. The Hall–Kier alpha value is -2.57. The average molecular weight is 358 g/mol. The maximum absolute atomic E-state index is 12.6. The van der Waals surface area contributed by atoms with Gasteiger partial charge in [0.25, 0.3) is 5.91 Å². The van der Waals surface area contributed by atoms with Crippen LogP contribution in [0.15, 0.2) is 42.5 Å². The number of anilines is 1. The number of halogens is 1. The lowest BCUT2D eigenvalue weighted by Gasteiger charge is -1.99. The molecule has 0 unspecified atom stereocenters. The number of hydrogen-bond donors (Lipinski definition) is 2. The van der Waals surface area contributed by atoms with Gasteiger partial charge >= 0.3 is 0 Å². The minimum atomic E-state index is -0.292. The molecule has 0 radical (unpaired) electrons. The fourth-order valence-electron chi connectivity index (χ4n) is 2.49. The molecular formula is C17H12ClN3O2S. The Kier molecular flexibility index (Phi) is 3.63. The standard InChI is InChI=1S/C17H12ClN3O2S/c1-23-9-6-7-10-13(8-9)24-15(14(10)18)16(22)21-17-19-11-4-2-3-5-12(11)20-17/h2-8H,1H3,(H2,19,20,21,22). The van der Waals surface area contributed by atoms with Gasteiger partial charge in [0.05, 0.1) is 23.2 Å². The third-order valence-corrected chi connectivity index (χ3v) is 5.32. The van der Waals surface area contributed by atoms with Crippen molar-refractivity contribution in [2.75, 3.05) is 12.4 Å². The third-order valence-electron chi connectivity index (χ3n) is 3.66. The molecule has 7 heteroatoms. The second-order valence-corrected chi connectivity index (χ2v) is 6.59. The lowest BCUT2D eigenvalue weighted by atomic mass is 10.2. The number of hydrogen-bond acceptors (Lipinski definition) is 4. The molecular weight excluding hydrogens is 346 g/mol.